The molecular weight excluding hydrogens is 425 g/mol. The third kappa shape index (κ3) is 5.36. The predicted molar refractivity (Wildman–Crippen MR) is 112 cm³/mol. The summed E-state index contributed by atoms with van der Waals surface area (Å²) in [5.41, 5.74) is -3.59. The van der Waals surface area contributed by atoms with Gasteiger partial charge in [0, 0.05) is 30.7 Å². The van der Waals surface area contributed by atoms with Crippen molar-refractivity contribution in [2.75, 3.05) is 13.1 Å². The van der Waals surface area contributed by atoms with E-state index < -0.39 is 17.4 Å². The van der Waals surface area contributed by atoms with Gasteiger partial charge in [0.1, 0.15) is 5.60 Å². The molecule has 0 aromatic heterocycles. The van der Waals surface area contributed by atoms with Gasteiger partial charge in [0.25, 0.3) is 5.91 Å². The predicted octanol–water partition coefficient (Wildman–Crippen LogP) is 4.46. The highest BCUT2D eigenvalue weighted by molar-refractivity contribution is 5.95. The van der Waals surface area contributed by atoms with E-state index in [9.17, 15) is 27.9 Å². The second-order valence-electron chi connectivity index (χ2n) is 9.79. The average molecular weight is 457 g/mol. The molecule has 1 saturated heterocycles. The van der Waals surface area contributed by atoms with E-state index >= 15 is 0 Å². The minimum atomic E-state index is -4.82. The van der Waals surface area contributed by atoms with E-state index in [1.54, 1.807) is 4.90 Å². The number of aliphatic hydroxyl groups is 1. The van der Waals surface area contributed by atoms with E-state index in [0.29, 0.717) is 32.9 Å². The Morgan fingerprint density at radius 1 is 0.969 bits per heavy atom. The molecule has 3 rings (SSSR count). The number of amides is 2. The van der Waals surface area contributed by atoms with Crippen molar-refractivity contribution in [2.45, 2.75) is 82.8 Å². The quantitative estimate of drug-likeness (QED) is 0.726. The molecule has 0 radical (unpaired) electrons. The van der Waals surface area contributed by atoms with E-state index in [4.69, 9.17) is 4.74 Å². The normalized spacial score (nSPS) is 19.9. The van der Waals surface area contributed by atoms with Crippen molar-refractivity contribution in [2.24, 2.45) is 0 Å². The number of hydrogen-bond acceptors (Lipinski definition) is 4. The van der Waals surface area contributed by atoms with E-state index in [-0.39, 0.29) is 35.2 Å². The number of nitrogens with zero attached hydrogens (tertiary/aromatic N) is 2. The Bertz CT molecular complexity index is 834. The maximum Gasteiger partial charge on any atom is 0.421 e. The van der Waals surface area contributed by atoms with Crippen LogP contribution in [0.2, 0.25) is 0 Å². The van der Waals surface area contributed by atoms with Crippen molar-refractivity contribution in [3.63, 3.8) is 0 Å². The van der Waals surface area contributed by atoms with Crippen LogP contribution in [0.25, 0.3) is 0 Å². The summed E-state index contributed by atoms with van der Waals surface area (Å²) in [5.74, 6) is -0.235. The lowest BCUT2D eigenvalue weighted by molar-refractivity contribution is -0.258. The lowest BCUT2D eigenvalue weighted by atomic mass is 9.94. The molecule has 1 aliphatic heterocycles. The molecule has 0 spiro atoms. The van der Waals surface area contributed by atoms with Gasteiger partial charge in [0.2, 0.25) is 0 Å². The molecule has 32 heavy (non-hydrogen) atoms. The first-order chi connectivity index (χ1) is 14.7. The summed E-state index contributed by atoms with van der Waals surface area (Å²) >= 11 is 0. The Hall–Kier alpha value is -2.29. The smallest absolute Gasteiger partial charge is 0.421 e. The van der Waals surface area contributed by atoms with Crippen LogP contribution in [-0.4, -0.2) is 63.9 Å². The largest absolute Gasteiger partial charge is 0.444 e. The Morgan fingerprint density at radius 3 is 1.91 bits per heavy atom. The number of alkyl halides is 3. The zero-order valence-electron chi connectivity index (χ0n) is 18.9. The summed E-state index contributed by atoms with van der Waals surface area (Å²) in [4.78, 5) is 29.0. The molecule has 2 fully saturated rings. The topological polar surface area (TPSA) is 70.1 Å². The van der Waals surface area contributed by atoms with Crippen molar-refractivity contribution in [3.8, 4) is 0 Å². The summed E-state index contributed by atoms with van der Waals surface area (Å²) < 4.78 is 44.7. The van der Waals surface area contributed by atoms with Crippen molar-refractivity contribution in [1.82, 2.24) is 9.80 Å². The van der Waals surface area contributed by atoms with Crippen LogP contribution in [0.5, 0.6) is 0 Å². The number of piperidine rings is 1. The highest BCUT2D eigenvalue weighted by atomic mass is 19.4. The summed E-state index contributed by atoms with van der Waals surface area (Å²) in [7, 11) is 0. The van der Waals surface area contributed by atoms with Crippen LogP contribution < -0.4 is 0 Å². The number of likely N-dealkylation sites (tertiary alicyclic amines) is 1. The maximum absolute atomic E-state index is 13.2. The molecule has 1 atom stereocenters. The fraction of sp³-hybridized carbons (Fsp3) is 0.652. The third-order valence-electron chi connectivity index (χ3n) is 5.93. The third-order valence-corrected chi connectivity index (χ3v) is 5.93. The molecule has 1 aromatic carbocycles. The number of halogens is 3. The average Bonchev–Trinajstić information content (AvgIpc) is 3.51. The zero-order valence-corrected chi connectivity index (χ0v) is 18.9. The zero-order chi connectivity index (χ0) is 23.9. The molecule has 2 aliphatic rings. The molecule has 6 nitrogen and oxygen atoms in total. The Kier molecular flexibility index (Phi) is 6.52. The first-order valence-corrected chi connectivity index (χ1v) is 10.9. The van der Waals surface area contributed by atoms with Crippen LogP contribution in [0.15, 0.2) is 24.3 Å². The van der Waals surface area contributed by atoms with E-state index in [1.807, 2.05) is 25.7 Å². The van der Waals surface area contributed by atoms with E-state index in [0.717, 1.165) is 25.0 Å². The second kappa shape index (κ2) is 8.57. The molecule has 1 saturated carbocycles. The fourth-order valence-corrected chi connectivity index (χ4v) is 3.89. The van der Waals surface area contributed by atoms with Crippen molar-refractivity contribution < 1.29 is 32.6 Å². The van der Waals surface area contributed by atoms with Gasteiger partial charge in [-0.3, -0.25) is 4.79 Å². The SMILES string of the molecule is CC(C)(C)OC(=O)N1CCC(N(C(=O)c2ccc([C@](C)(O)C(F)(F)F)cc2)C2CC2)CC1. The van der Waals surface area contributed by atoms with Gasteiger partial charge in [0.05, 0.1) is 0 Å². The molecule has 9 heteroatoms. The molecule has 1 heterocycles. The van der Waals surface area contributed by atoms with Gasteiger partial charge >= 0.3 is 12.3 Å². The number of benzene rings is 1. The number of rotatable bonds is 4. The molecule has 1 aliphatic carbocycles. The molecule has 1 aromatic rings. The number of ether oxygens (including phenoxy) is 1. The molecule has 0 unspecified atom stereocenters. The summed E-state index contributed by atoms with van der Waals surface area (Å²) in [6, 6.07) is 5.03. The van der Waals surface area contributed by atoms with Crippen LogP contribution in [0.1, 0.15) is 69.3 Å². The molecule has 2 amide bonds. The minimum Gasteiger partial charge on any atom is -0.444 e. The Morgan fingerprint density at radius 2 is 1.47 bits per heavy atom. The molecule has 0 bridgehead atoms. The number of carbonyl (C=O) groups is 2. The summed E-state index contributed by atoms with van der Waals surface area (Å²) in [6.07, 6.45) is -2.18. The lowest BCUT2D eigenvalue weighted by Crippen LogP contribution is -2.50. The highest BCUT2D eigenvalue weighted by Gasteiger charge is 2.51. The van der Waals surface area contributed by atoms with Crippen LogP contribution in [0, 0.1) is 0 Å². The number of carbonyl (C=O) groups excluding carboxylic acids is 2. The van der Waals surface area contributed by atoms with E-state index in [1.165, 1.54) is 12.1 Å². The van der Waals surface area contributed by atoms with Crippen molar-refractivity contribution in [1.29, 1.82) is 0 Å². The molecule has 178 valence electrons. The summed E-state index contributed by atoms with van der Waals surface area (Å²) in [6.45, 7) is 7.07. The molecular formula is C23H31F3N2O4. The molecule has 1 N–H and O–H groups in total. The standard InChI is InChI=1S/C23H31F3N2O4/c1-21(2,3)32-20(30)27-13-11-18(12-14-27)28(17-9-10-17)19(29)15-5-7-16(8-6-15)22(4,31)23(24,25)26/h5-8,17-18,31H,9-14H2,1-4H3/t22-/m0/s1. The van der Waals surface area contributed by atoms with E-state index in [2.05, 4.69) is 0 Å². The first kappa shape index (κ1) is 24.4. The first-order valence-electron chi connectivity index (χ1n) is 10.9. The fourth-order valence-electron chi connectivity index (χ4n) is 3.89. The van der Waals surface area contributed by atoms with Crippen molar-refractivity contribution >= 4 is 12.0 Å². The van der Waals surface area contributed by atoms with Gasteiger partial charge in [-0.15, -0.1) is 0 Å². The van der Waals surface area contributed by atoms with Gasteiger partial charge < -0.3 is 19.6 Å². The monoisotopic (exact) mass is 456 g/mol. The van der Waals surface area contributed by atoms with Gasteiger partial charge in [-0.25, -0.2) is 4.79 Å². The van der Waals surface area contributed by atoms with Crippen LogP contribution >= 0.6 is 0 Å². The highest BCUT2D eigenvalue weighted by Crippen LogP contribution is 2.39. The second-order valence-corrected chi connectivity index (χ2v) is 9.79. The van der Waals surface area contributed by atoms with Gasteiger partial charge in [0.15, 0.2) is 5.60 Å². The van der Waals surface area contributed by atoms with Crippen LogP contribution in [0.3, 0.4) is 0 Å². The minimum absolute atomic E-state index is 0.0494. The van der Waals surface area contributed by atoms with Gasteiger partial charge in [-0.05, 0) is 71.1 Å². The maximum atomic E-state index is 13.2. The van der Waals surface area contributed by atoms with Gasteiger partial charge in [-0.1, -0.05) is 12.1 Å². The van der Waals surface area contributed by atoms with Crippen molar-refractivity contribution in [3.05, 3.63) is 35.4 Å². The number of hydrogen-bond donors (Lipinski definition) is 1. The lowest BCUT2D eigenvalue weighted by Gasteiger charge is -2.39. The Balaban J connectivity index is 1.68. The van der Waals surface area contributed by atoms with Gasteiger partial charge in [-0.2, -0.15) is 13.2 Å². The van der Waals surface area contributed by atoms with Crippen LogP contribution in [0.4, 0.5) is 18.0 Å². The Labute approximate surface area is 186 Å². The van der Waals surface area contributed by atoms with Crippen LogP contribution in [-0.2, 0) is 10.3 Å². The summed E-state index contributed by atoms with van der Waals surface area (Å²) in [5, 5.41) is 9.84.